The first-order chi connectivity index (χ1) is 9.30. The molecule has 0 spiro atoms. The van der Waals surface area contributed by atoms with Crippen LogP contribution >= 0.6 is 0 Å². The van der Waals surface area contributed by atoms with Crippen molar-refractivity contribution in [2.24, 2.45) is 5.73 Å². The van der Waals surface area contributed by atoms with E-state index in [2.05, 4.69) is 32.9 Å². The molecule has 0 amide bonds. The Bertz CT molecular complexity index is 461. The molecule has 0 radical (unpaired) electrons. The second kappa shape index (κ2) is 5.69. The van der Waals surface area contributed by atoms with Gasteiger partial charge in [-0.2, -0.15) is 0 Å². The van der Waals surface area contributed by atoms with Crippen LogP contribution in [0.1, 0.15) is 75.2 Å². The van der Waals surface area contributed by atoms with E-state index < -0.39 is 0 Å². The predicted molar refractivity (Wildman–Crippen MR) is 84.1 cm³/mol. The lowest BCUT2D eigenvalue weighted by Gasteiger charge is -2.32. The maximum atomic E-state index is 12.4. The number of nitrogens with two attached hydrogens (primary N) is 1. The van der Waals surface area contributed by atoms with Crippen molar-refractivity contribution >= 4 is 5.78 Å². The highest BCUT2D eigenvalue weighted by Crippen LogP contribution is 2.30. The van der Waals surface area contributed by atoms with Crippen LogP contribution in [0.3, 0.4) is 0 Å². The highest BCUT2D eigenvalue weighted by Gasteiger charge is 2.30. The molecule has 2 rings (SSSR count). The minimum atomic E-state index is -0.266. The molecule has 0 bridgehead atoms. The van der Waals surface area contributed by atoms with Gasteiger partial charge in [-0.05, 0) is 23.8 Å². The van der Waals surface area contributed by atoms with Crippen molar-refractivity contribution in [1.29, 1.82) is 0 Å². The van der Waals surface area contributed by atoms with Gasteiger partial charge in [0.15, 0.2) is 5.78 Å². The van der Waals surface area contributed by atoms with Crippen LogP contribution in [-0.4, -0.2) is 11.3 Å². The number of Topliss-reactive ketones (excluding diaryl/α,β-unsaturated/α-hetero) is 1. The molecule has 2 nitrogen and oxygen atoms in total. The zero-order valence-electron chi connectivity index (χ0n) is 13.0. The molecule has 0 heterocycles. The summed E-state index contributed by atoms with van der Waals surface area (Å²) in [6.07, 6.45) is 6.03. The molecule has 0 unspecified atom stereocenters. The number of hydrogen-bond acceptors (Lipinski definition) is 2. The summed E-state index contributed by atoms with van der Waals surface area (Å²) in [5, 5.41) is 0. The smallest absolute Gasteiger partial charge is 0.164 e. The number of carbonyl (C=O) groups is 1. The Morgan fingerprint density at radius 2 is 1.65 bits per heavy atom. The molecular formula is C18H27NO. The van der Waals surface area contributed by atoms with E-state index in [1.807, 2.05) is 12.1 Å². The van der Waals surface area contributed by atoms with Crippen LogP contribution in [0.4, 0.5) is 0 Å². The first-order valence-electron chi connectivity index (χ1n) is 7.73. The van der Waals surface area contributed by atoms with Gasteiger partial charge in [-0.25, -0.2) is 0 Å². The predicted octanol–water partition coefficient (Wildman–Crippen LogP) is 4.22. The molecule has 2 heteroatoms. The van der Waals surface area contributed by atoms with Crippen molar-refractivity contribution in [3.8, 4) is 0 Å². The number of ketones is 1. The molecular weight excluding hydrogens is 246 g/mol. The second-order valence-electron chi connectivity index (χ2n) is 7.35. The third kappa shape index (κ3) is 3.69. The molecule has 1 aromatic carbocycles. The van der Waals surface area contributed by atoms with E-state index in [1.165, 1.54) is 12.0 Å². The lowest BCUT2D eigenvalue weighted by molar-refractivity contribution is 0.0934. The van der Waals surface area contributed by atoms with Crippen LogP contribution in [0.2, 0.25) is 0 Å². The third-order valence-corrected chi connectivity index (χ3v) is 4.43. The van der Waals surface area contributed by atoms with Crippen molar-refractivity contribution < 1.29 is 4.79 Å². The van der Waals surface area contributed by atoms with E-state index in [0.29, 0.717) is 6.42 Å². The fraction of sp³-hybridized carbons (Fsp3) is 0.611. The Balaban J connectivity index is 2.06. The van der Waals surface area contributed by atoms with Crippen LogP contribution in [-0.2, 0) is 5.41 Å². The molecule has 2 N–H and O–H groups in total. The van der Waals surface area contributed by atoms with Gasteiger partial charge in [0.05, 0.1) is 0 Å². The quantitative estimate of drug-likeness (QED) is 0.838. The zero-order chi connectivity index (χ0) is 14.8. The summed E-state index contributed by atoms with van der Waals surface area (Å²) in [5.74, 6) is 0.190. The number of rotatable bonds is 3. The maximum Gasteiger partial charge on any atom is 0.164 e. The lowest BCUT2D eigenvalue weighted by Crippen LogP contribution is -2.43. The summed E-state index contributed by atoms with van der Waals surface area (Å²) in [5.41, 5.74) is 8.29. The number of carbonyl (C=O) groups excluding carboxylic acids is 1. The molecule has 110 valence electrons. The lowest BCUT2D eigenvalue weighted by atomic mass is 9.78. The first-order valence-corrected chi connectivity index (χ1v) is 7.73. The topological polar surface area (TPSA) is 43.1 Å². The molecule has 1 aromatic rings. The maximum absolute atomic E-state index is 12.4. The van der Waals surface area contributed by atoms with Crippen LogP contribution in [0.15, 0.2) is 24.3 Å². The largest absolute Gasteiger partial charge is 0.325 e. The van der Waals surface area contributed by atoms with Crippen molar-refractivity contribution in [1.82, 2.24) is 0 Å². The van der Waals surface area contributed by atoms with E-state index in [0.717, 1.165) is 31.2 Å². The molecule has 1 aliphatic rings. The highest BCUT2D eigenvalue weighted by atomic mass is 16.1. The summed E-state index contributed by atoms with van der Waals surface area (Å²) in [4.78, 5) is 12.4. The van der Waals surface area contributed by atoms with Crippen LogP contribution in [0.25, 0.3) is 0 Å². The van der Waals surface area contributed by atoms with E-state index in [9.17, 15) is 4.79 Å². The third-order valence-electron chi connectivity index (χ3n) is 4.43. The second-order valence-corrected chi connectivity index (χ2v) is 7.35. The minimum absolute atomic E-state index is 0.125. The molecule has 1 aliphatic carbocycles. The van der Waals surface area contributed by atoms with E-state index in [4.69, 9.17) is 5.73 Å². The SMILES string of the molecule is CC(C)(C)c1ccc(C(=O)CC2(N)CCCCC2)cc1. The Morgan fingerprint density at radius 3 is 2.15 bits per heavy atom. The standard InChI is InChI=1S/C18H27NO/c1-17(2,3)15-9-7-14(8-10-15)16(20)13-18(19)11-5-4-6-12-18/h7-10H,4-6,11-13,19H2,1-3H3. The number of hydrogen-bond donors (Lipinski definition) is 1. The van der Waals surface area contributed by atoms with Crippen molar-refractivity contribution in [3.63, 3.8) is 0 Å². The average Bonchev–Trinajstić information content (AvgIpc) is 2.38. The molecule has 0 atom stereocenters. The van der Waals surface area contributed by atoms with Gasteiger partial charge in [-0.1, -0.05) is 64.3 Å². The minimum Gasteiger partial charge on any atom is -0.325 e. The van der Waals surface area contributed by atoms with Crippen LogP contribution < -0.4 is 5.73 Å². The Hall–Kier alpha value is -1.15. The molecule has 1 saturated carbocycles. The Kier molecular flexibility index (Phi) is 4.33. The Morgan fingerprint density at radius 1 is 1.10 bits per heavy atom. The molecule has 0 aromatic heterocycles. The number of benzene rings is 1. The van der Waals surface area contributed by atoms with Crippen LogP contribution in [0.5, 0.6) is 0 Å². The van der Waals surface area contributed by atoms with Gasteiger partial charge in [-0.3, -0.25) is 4.79 Å². The van der Waals surface area contributed by atoms with Gasteiger partial charge in [-0.15, -0.1) is 0 Å². The summed E-state index contributed by atoms with van der Waals surface area (Å²) < 4.78 is 0. The van der Waals surface area contributed by atoms with Crippen LogP contribution in [0, 0.1) is 0 Å². The highest BCUT2D eigenvalue weighted by molar-refractivity contribution is 5.96. The fourth-order valence-electron chi connectivity index (χ4n) is 3.01. The van der Waals surface area contributed by atoms with Gasteiger partial charge in [0.25, 0.3) is 0 Å². The van der Waals surface area contributed by atoms with Gasteiger partial charge in [0.2, 0.25) is 0 Å². The summed E-state index contributed by atoms with van der Waals surface area (Å²) >= 11 is 0. The van der Waals surface area contributed by atoms with E-state index in [-0.39, 0.29) is 16.7 Å². The molecule has 0 aliphatic heterocycles. The normalized spacial score (nSPS) is 18.8. The monoisotopic (exact) mass is 273 g/mol. The Labute approximate surface area is 122 Å². The van der Waals surface area contributed by atoms with Gasteiger partial charge >= 0.3 is 0 Å². The van der Waals surface area contributed by atoms with Crippen molar-refractivity contribution in [2.45, 2.75) is 70.3 Å². The average molecular weight is 273 g/mol. The van der Waals surface area contributed by atoms with Gasteiger partial charge < -0.3 is 5.73 Å². The summed E-state index contributed by atoms with van der Waals surface area (Å²) in [6.45, 7) is 6.54. The molecule has 1 fully saturated rings. The molecule has 20 heavy (non-hydrogen) atoms. The van der Waals surface area contributed by atoms with Crippen molar-refractivity contribution in [3.05, 3.63) is 35.4 Å². The van der Waals surface area contributed by atoms with E-state index >= 15 is 0 Å². The summed E-state index contributed by atoms with van der Waals surface area (Å²) in [6, 6.07) is 8.04. The van der Waals surface area contributed by atoms with Gasteiger partial charge in [0.1, 0.15) is 0 Å². The van der Waals surface area contributed by atoms with Crippen molar-refractivity contribution in [2.75, 3.05) is 0 Å². The van der Waals surface area contributed by atoms with E-state index in [1.54, 1.807) is 0 Å². The zero-order valence-corrected chi connectivity index (χ0v) is 13.0. The molecule has 0 saturated heterocycles. The fourth-order valence-corrected chi connectivity index (χ4v) is 3.01. The van der Waals surface area contributed by atoms with Gasteiger partial charge in [0, 0.05) is 17.5 Å². The summed E-state index contributed by atoms with van der Waals surface area (Å²) in [7, 11) is 0. The first kappa shape index (κ1) is 15.2.